The van der Waals surface area contributed by atoms with Gasteiger partial charge in [-0.05, 0) is 72.8 Å². The zero-order valence-corrected chi connectivity index (χ0v) is 36.2. The Labute approximate surface area is 366 Å². The second-order valence-electron chi connectivity index (χ2n) is 16.4. The molecule has 2 unspecified atom stereocenters. The molecule has 13 heteroatoms. The fourth-order valence-electron chi connectivity index (χ4n) is 8.71. The summed E-state index contributed by atoms with van der Waals surface area (Å²) in [5, 5.41) is 19.2. The number of carboxylic acids is 1. The van der Waals surface area contributed by atoms with Crippen molar-refractivity contribution in [1.29, 1.82) is 0 Å². The third-order valence-electron chi connectivity index (χ3n) is 11.9. The van der Waals surface area contributed by atoms with E-state index in [4.69, 9.17) is 14.2 Å². The Morgan fingerprint density at radius 2 is 1.60 bits per heavy atom. The monoisotopic (exact) mass is 839 g/mol. The van der Waals surface area contributed by atoms with E-state index in [0.717, 1.165) is 84.4 Å². The molecule has 0 aromatic heterocycles. The van der Waals surface area contributed by atoms with Gasteiger partial charge in [0.1, 0.15) is 11.8 Å². The number of ether oxygens (including phenoxy) is 3. The van der Waals surface area contributed by atoms with E-state index in [1.165, 1.54) is 19.3 Å². The van der Waals surface area contributed by atoms with Crippen molar-refractivity contribution in [2.45, 2.75) is 146 Å². The van der Waals surface area contributed by atoms with Gasteiger partial charge in [0.05, 0.1) is 27.6 Å². The minimum atomic E-state index is -4.14. The van der Waals surface area contributed by atoms with E-state index >= 15 is 0 Å². The maximum Gasteiger partial charge on any atom is 1.00 e. The number of benzene rings is 3. The minimum absolute atomic E-state index is 0. The Bertz CT molecular complexity index is 1760. The van der Waals surface area contributed by atoms with Gasteiger partial charge < -0.3 is 31.6 Å². The standard InChI is InChI=1S/C41H54F3N2O5.C6H11F2.Li/c1-28-18-19-36(49-2)37(38(28)50-3)34-17-10-15-32-30(12-9-16-33(32)34)25-35(39(47)48)45-27-51-26-40(46-31-13-5-4-6-14-31)22-8-7-11-29(20-23-40)21-24-41(42,43)44;1-3-5-6(7,8)4-2;/h9-10,12,15-19,29,31,35,45-46H,1,4-8,11,13-14,20-27H2,2-3H3,(H,47,48);2-5H2,1H3;/q2*-1;+1/t29?,35-,40?;;/m0../s1. The van der Waals surface area contributed by atoms with E-state index in [1.54, 1.807) is 21.1 Å². The Balaban J connectivity index is 0.000000968. The van der Waals surface area contributed by atoms with Crippen LogP contribution >= 0.6 is 0 Å². The normalized spacial score (nSPS) is 19.6. The van der Waals surface area contributed by atoms with Gasteiger partial charge in [0.2, 0.25) is 5.92 Å². The summed E-state index contributed by atoms with van der Waals surface area (Å²) in [5.74, 6) is -2.19. The molecule has 0 bridgehead atoms. The third kappa shape index (κ3) is 15.4. The average Bonchev–Trinajstić information content (AvgIpc) is 3.20. The molecule has 0 radical (unpaired) electrons. The summed E-state index contributed by atoms with van der Waals surface area (Å²) in [6, 6.07) is 15.0. The molecule has 0 amide bonds. The molecule has 60 heavy (non-hydrogen) atoms. The number of halogens is 5. The molecule has 3 atom stereocenters. The second-order valence-corrected chi connectivity index (χ2v) is 16.4. The van der Waals surface area contributed by atoms with Crippen LogP contribution in [0.5, 0.6) is 11.5 Å². The molecule has 5 rings (SSSR count). The molecule has 2 aliphatic rings. The molecule has 3 aromatic carbocycles. The van der Waals surface area contributed by atoms with E-state index in [2.05, 4.69) is 24.5 Å². The van der Waals surface area contributed by atoms with Crippen LogP contribution in [-0.4, -0.2) is 68.4 Å². The van der Waals surface area contributed by atoms with Crippen LogP contribution in [0.25, 0.3) is 21.9 Å². The molecule has 2 aliphatic carbocycles. The quantitative estimate of drug-likeness (QED) is 0.0388. The first kappa shape index (κ1) is 51.3. The molecule has 3 N–H and O–H groups in total. The Morgan fingerprint density at radius 1 is 0.900 bits per heavy atom. The van der Waals surface area contributed by atoms with Gasteiger partial charge in [-0.15, -0.1) is 6.42 Å². The largest absolute Gasteiger partial charge is 1.00 e. The van der Waals surface area contributed by atoms with E-state index in [1.807, 2.05) is 48.5 Å². The molecule has 2 fully saturated rings. The first-order valence-corrected chi connectivity index (χ1v) is 21.3. The number of hydrogen-bond donors (Lipinski definition) is 3. The summed E-state index contributed by atoms with van der Waals surface area (Å²) in [5.41, 5.74) is 2.94. The molecular formula is C47H65F5LiN2O5-. The second kappa shape index (κ2) is 24.6. The summed E-state index contributed by atoms with van der Waals surface area (Å²) >= 11 is 0. The number of nitrogens with one attached hydrogen (secondary N) is 2. The molecule has 2 saturated carbocycles. The predicted octanol–water partition coefficient (Wildman–Crippen LogP) is 8.89. The van der Waals surface area contributed by atoms with Crippen molar-refractivity contribution in [2.75, 3.05) is 27.6 Å². The number of methoxy groups -OCH3 is 2. The van der Waals surface area contributed by atoms with E-state index in [9.17, 15) is 31.9 Å². The first-order chi connectivity index (χ1) is 28.1. The summed E-state index contributed by atoms with van der Waals surface area (Å²) in [6.07, 6.45) is 6.53. The van der Waals surface area contributed by atoms with Crippen LogP contribution in [0.15, 0.2) is 48.5 Å². The zero-order valence-electron chi connectivity index (χ0n) is 36.2. The van der Waals surface area contributed by atoms with Crippen LogP contribution in [0.4, 0.5) is 22.0 Å². The van der Waals surface area contributed by atoms with Crippen molar-refractivity contribution < 1.29 is 64.9 Å². The molecule has 330 valence electrons. The van der Waals surface area contributed by atoms with Gasteiger partial charge in [0, 0.05) is 35.7 Å². The van der Waals surface area contributed by atoms with Crippen LogP contribution in [0.1, 0.15) is 121 Å². The van der Waals surface area contributed by atoms with Crippen LogP contribution in [0, 0.1) is 19.8 Å². The van der Waals surface area contributed by atoms with Crippen LogP contribution in [0.2, 0.25) is 0 Å². The Morgan fingerprint density at radius 3 is 2.23 bits per heavy atom. The summed E-state index contributed by atoms with van der Waals surface area (Å²) in [6.45, 7) is 9.42. The SMILES string of the molecule is [CH2-]CC(F)(F)CCC.[CH2-]c1ccc(OC)c(-c2cccc3c(C[C@H](NCOCC4(NC5CCCCC5)CCCCC(CCC(F)(F)F)CC4)C(=O)O)cccc23)c1OC.[Li+]. The van der Waals surface area contributed by atoms with Gasteiger partial charge in [-0.3, -0.25) is 10.1 Å². The Kier molecular flexibility index (Phi) is 21.0. The Hall–Kier alpha value is -3.01. The minimum Gasteiger partial charge on any atom is -0.553 e. The van der Waals surface area contributed by atoms with Crippen molar-refractivity contribution in [3.05, 3.63) is 73.5 Å². The molecule has 3 aromatic rings. The van der Waals surface area contributed by atoms with Gasteiger partial charge in [-0.1, -0.05) is 94.3 Å². The zero-order chi connectivity index (χ0) is 43.1. The number of carboxylic acid groups (broad SMARTS) is 1. The molecule has 0 spiro atoms. The molecule has 0 aliphatic heterocycles. The predicted molar refractivity (Wildman–Crippen MR) is 225 cm³/mol. The maximum absolute atomic E-state index is 13.1. The van der Waals surface area contributed by atoms with Gasteiger partial charge in [0.25, 0.3) is 0 Å². The number of alkyl halides is 5. The van der Waals surface area contributed by atoms with Crippen LogP contribution in [-0.2, 0) is 16.0 Å². The smallest absolute Gasteiger partial charge is 0.553 e. The average molecular weight is 840 g/mol. The topological polar surface area (TPSA) is 89.0 Å². The number of rotatable bonds is 18. The number of hydrogen-bond acceptors (Lipinski definition) is 6. The third-order valence-corrected chi connectivity index (χ3v) is 11.9. The fourth-order valence-corrected chi connectivity index (χ4v) is 8.71. The van der Waals surface area contributed by atoms with Gasteiger partial charge in [-0.25, -0.2) is 8.78 Å². The van der Waals surface area contributed by atoms with E-state index in [0.29, 0.717) is 30.6 Å². The van der Waals surface area contributed by atoms with Gasteiger partial charge >= 0.3 is 31.0 Å². The van der Waals surface area contributed by atoms with Gasteiger partial charge in [0.15, 0.2) is 0 Å². The van der Waals surface area contributed by atoms with Crippen molar-refractivity contribution in [1.82, 2.24) is 10.6 Å². The van der Waals surface area contributed by atoms with Crippen LogP contribution in [0.3, 0.4) is 0 Å². The maximum atomic E-state index is 13.1. The van der Waals surface area contributed by atoms with Crippen molar-refractivity contribution in [2.24, 2.45) is 5.92 Å². The van der Waals surface area contributed by atoms with E-state index < -0.39 is 30.5 Å². The first-order valence-electron chi connectivity index (χ1n) is 21.3. The summed E-state index contributed by atoms with van der Waals surface area (Å²) in [7, 11) is 3.22. The number of fused-ring (bicyclic) bond motifs is 1. The van der Waals surface area contributed by atoms with Gasteiger partial charge in [-0.2, -0.15) is 31.7 Å². The fraction of sp³-hybridized carbons (Fsp3) is 0.596. The number of carbonyl (C=O) groups is 1. The molecule has 7 nitrogen and oxygen atoms in total. The van der Waals surface area contributed by atoms with Crippen molar-refractivity contribution in [3.63, 3.8) is 0 Å². The van der Waals surface area contributed by atoms with E-state index in [-0.39, 0.29) is 62.7 Å². The summed E-state index contributed by atoms with van der Waals surface area (Å²) < 4.78 is 81.1. The molecule has 0 heterocycles. The van der Waals surface area contributed by atoms with Crippen molar-refractivity contribution in [3.8, 4) is 22.6 Å². The molecule has 0 saturated heterocycles. The van der Waals surface area contributed by atoms with Crippen LogP contribution < -0.4 is 39.0 Å². The number of aliphatic carboxylic acids is 1. The van der Waals surface area contributed by atoms with Crippen molar-refractivity contribution >= 4 is 16.7 Å². The molecular weight excluding hydrogens is 774 g/mol. The summed E-state index contributed by atoms with van der Waals surface area (Å²) in [4.78, 5) is 12.6.